The maximum Gasteiger partial charge on any atom is 0.103 e. The molecule has 0 saturated heterocycles. The van der Waals surface area contributed by atoms with Crippen LogP contribution in [0.25, 0.3) is 0 Å². The number of nitrogens with zero attached hydrogens (tertiary/aromatic N) is 1. The summed E-state index contributed by atoms with van der Waals surface area (Å²) in [5.74, 6) is 0.867. The first-order valence-electron chi connectivity index (χ1n) is 11.7. The van der Waals surface area contributed by atoms with Gasteiger partial charge in [-0.3, -0.25) is 0 Å². The Labute approximate surface area is 197 Å². The van der Waals surface area contributed by atoms with E-state index in [1.807, 2.05) is 24.3 Å². The van der Waals surface area contributed by atoms with E-state index >= 15 is 0 Å². The predicted molar refractivity (Wildman–Crippen MR) is 145 cm³/mol. The van der Waals surface area contributed by atoms with Crippen molar-refractivity contribution in [3.63, 3.8) is 0 Å². The molecule has 0 aliphatic carbocycles. The number of allylic oxidation sites excluding steroid dienone is 12. The van der Waals surface area contributed by atoms with Gasteiger partial charge in [0.2, 0.25) is 0 Å². The molecule has 0 aromatic carbocycles. The molecule has 0 fully saturated rings. The molecule has 0 heterocycles. The molecule has 1 atom stereocenters. The Bertz CT molecular complexity index is 815. The Morgan fingerprint density at radius 1 is 1.09 bits per heavy atom. The zero-order valence-corrected chi connectivity index (χ0v) is 21.5. The summed E-state index contributed by atoms with van der Waals surface area (Å²) in [5.41, 5.74) is 6.43. The summed E-state index contributed by atoms with van der Waals surface area (Å²) in [6, 6.07) is 0.354. The number of hydrogen-bond donors (Lipinski definition) is 2. The predicted octanol–water partition coefficient (Wildman–Crippen LogP) is 8.36. The molecule has 2 N–H and O–H groups in total. The Morgan fingerprint density at radius 3 is 2.22 bits per heavy atom. The van der Waals surface area contributed by atoms with Gasteiger partial charge in [-0.25, -0.2) is 0 Å². The number of rotatable bonds is 15. The van der Waals surface area contributed by atoms with Gasteiger partial charge in [-0.1, -0.05) is 77.3 Å². The molecule has 0 spiro atoms. The van der Waals surface area contributed by atoms with Crippen molar-refractivity contribution in [3.05, 3.63) is 95.7 Å². The zero-order valence-electron chi connectivity index (χ0n) is 21.5. The van der Waals surface area contributed by atoms with Crippen molar-refractivity contribution < 1.29 is 0 Å². The van der Waals surface area contributed by atoms with E-state index in [1.54, 1.807) is 0 Å². The van der Waals surface area contributed by atoms with Crippen molar-refractivity contribution in [2.24, 2.45) is 0 Å². The van der Waals surface area contributed by atoms with Gasteiger partial charge >= 0.3 is 0 Å². The van der Waals surface area contributed by atoms with E-state index in [-0.39, 0.29) is 0 Å². The Kier molecular flexibility index (Phi) is 14.5. The van der Waals surface area contributed by atoms with Gasteiger partial charge in [0, 0.05) is 23.7 Å². The normalized spacial score (nSPS) is 14.7. The van der Waals surface area contributed by atoms with Crippen LogP contribution in [0.1, 0.15) is 74.1 Å². The lowest BCUT2D eigenvalue weighted by Gasteiger charge is -2.36. The highest BCUT2D eigenvalue weighted by Gasteiger charge is 2.20. The molecule has 0 aromatic rings. The molecular weight excluding hydrogens is 390 g/mol. The summed E-state index contributed by atoms with van der Waals surface area (Å²) in [5, 5.41) is 10.9. The Balaban J connectivity index is 6.12. The first-order chi connectivity index (χ1) is 15.2. The molecule has 0 saturated carbocycles. The third kappa shape index (κ3) is 9.55. The van der Waals surface area contributed by atoms with E-state index in [0.29, 0.717) is 11.6 Å². The topological polar surface area (TPSA) is 39.1 Å². The lowest BCUT2D eigenvalue weighted by molar-refractivity contribution is 0.273. The zero-order chi connectivity index (χ0) is 24.7. The SMILES string of the molecule is C=C/C=C(\C=C(/C)NC(=C)N(/C(C)=C(C)/C=C\C(=C)C=N)C(CC)CCC)C(=C/C)/CC. The van der Waals surface area contributed by atoms with Gasteiger partial charge in [0.05, 0.1) is 0 Å². The summed E-state index contributed by atoms with van der Waals surface area (Å²) < 4.78 is 0. The molecular formula is C29H45N3. The Morgan fingerprint density at radius 2 is 1.75 bits per heavy atom. The van der Waals surface area contributed by atoms with Crippen LogP contribution in [0.5, 0.6) is 0 Å². The van der Waals surface area contributed by atoms with Crippen LogP contribution < -0.4 is 5.32 Å². The van der Waals surface area contributed by atoms with Crippen molar-refractivity contribution >= 4 is 6.21 Å². The third-order valence-electron chi connectivity index (χ3n) is 5.52. The standard InChI is InChI=1S/C29H45N3/c1-11-16-28(27(13-3)14-4)20-24(8)31-26(10)32(29(15-5)17-12-2)25(9)23(7)19-18-22(6)21-30/h11,13,16,18-21,29-31H,1,6,10,12,14-15,17H2,2-5,7-9H3/b19-18-,24-20+,25-23+,27-13+,28-16+,30-21?. The van der Waals surface area contributed by atoms with Crippen LogP contribution in [0.3, 0.4) is 0 Å². The molecule has 0 rings (SSSR count). The molecule has 0 aromatic heterocycles. The highest BCUT2D eigenvalue weighted by molar-refractivity contribution is 5.78. The van der Waals surface area contributed by atoms with Crippen molar-refractivity contribution in [1.29, 1.82) is 5.41 Å². The van der Waals surface area contributed by atoms with Crippen LogP contribution in [0.15, 0.2) is 95.7 Å². The maximum absolute atomic E-state index is 7.34. The van der Waals surface area contributed by atoms with Crippen molar-refractivity contribution in [2.75, 3.05) is 0 Å². The fourth-order valence-corrected chi connectivity index (χ4v) is 3.64. The van der Waals surface area contributed by atoms with Crippen LogP contribution in [0, 0.1) is 5.41 Å². The van der Waals surface area contributed by atoms with Gasteiger partial charge in [-0.05, 0) is 75.3 Å². The maximum atomic E-state index is 7.34. The first kappa shape index (κ1) is 29.2. The van der Waals surface area contributed by atoms with E-state index in [2.05, 4.69) is 90.6 Å². The van der Waals surface area contributed by atoms with Gasteiger partial charge in [-0.2, -0.15) is 0 Å². The molecule has 0 aliphatic rings. The molecule has 0 aliphatic heterocycles. The fourth-order valence-electron chi connectivity index (χ4n) is 3.64. The highest BCUT2D eigenvalue weighted by atomic mass is 15.3. The van der Waals surface area contributed by atoms with Gasteiger partial charge < -0.3 is 15.6 Å². The largest absolute Gasteiger partial charge is 0.346 e. The second kappa shape index (κ2) is 15.9. The lowest BCUT2D eigenvalue weighted by atomic mass is 10.0. The molecule has 32 heavy (non-hydrogen) atoms. The average Bonchev–Trinajstić information content (AvgIpc) is 2.77. The lowest BCUT2D eigenvalue weighted by Crippen LogP contribution is -2.37. The van der Waals surface area contributed by atoms with Crippen molar-refractivity contribution in [1.82, 2.24) is 10.2 Å². The van der Waals surface area contributed by atoms with Crippen LogP contribution in [0.4, 0.5) is 0 Å². The van der Waals surface area contributed by atoms with Gasteiger partial charge in [-0.15, -0.1) is 0 Å². The van der Waals surface area contributed by atoms with Crippen LogP contribution in [-0.2, 0) is 0 Å². The first-order valence-corrected chi connectivity index (χ1v) is 11.7. The van der Waals surface area contributed by atoms with E-state index < -0.39 is 0 Å². The quantitative estimate of drug-likeness (QED) is 0.200. The summed E-state index contributed by atoms with van der Waals surface area (Å²) >= 11 is 0. The molecule has 1 unspecified atom stereocenters. The smallest absolute Gasteiger partial charge is 0.103 e. The summed E-state index contributed by atoms with van der Waals surface area (Å²) in [7, 11) is 0. The van der Waals surface area contributed by atoms with Gasteiger partial charge in [0.1, 0.15) is 5.82 Å². The fraction of sp³-hybridized carbons (Fsp3) is 0.414. The minimum Gasteiger partial charge on any atom is -0.346 e. The Hall–Kier alpha value is -2.81. The van der Waals surface area contributed by atoms with E-state index in [4.69, 9.17) is 5.41 Å². The summed E-state index contributed by atoms with van der Waals surface area (Å²) in [6.07, 6.45) is 17.5. The number of hydrogen-bond acceptors (Lipinski definition) is 3. The molecule has 0 amide bonds. The third-order valence-corrected chi connectivity index (χ3v) is 5.52. The second-order valence-corrected chi connectivity index (χ2v) is 7.97. The molecule has 3 nitrogen and oxygen atoms in total. The van der Waals surface area contributed by atoms with Gasteiger partial charge in [0.15, 0.2) is 0 Å². The summed E-state index contributed by atoms with van der Waals surface area (Å²) in [4.78, 5) is 2.32. The average molecular weight is 436 g/mol. The van der Waals surface area contributed by atoms with Gasteiger partial charge in [0.25, 0.3) is 0 Å². The van der Waals surface area contributed by atoms with Crippen molar-refractivity contribution in [2.45, 2.75) is 80.2 Å². The molecule has 0 bridgehead atoms. The van der Waals surface area contributed by atoms with Crippen LogP contribution in [-0.4, -0.2) is 17.2 Å². The number of nitrogens with one attached hydrogen (secondary N) is 2. The molecule has 3 heteroatoms. The summed E-state index contributed by atoms with van der Waals surface area (Å²) in [6.45, 7) is 27.1. The molecule has 176 valence electrons. The van der Waals surface area contributed by atoms with E-state index in [0.717, 1.165) is 54.0 Å². The minimum absolute atomic E-state index is 0.354. The minimum atomic E-state index is 0.354. The molecule has 0 radical (unpaired) electrons. The van der Waals surface area contributed by atoms with E-state index in [9.17, 15) is 0 Å². The monoisotopic (exact) mass is 435 g/mol. The highest BCUT2D eigenvalue weighted by Crippen LogP contribution is 2.25. The second-order valence-electron chi connectivity index (χ2n) is 7.97. The van der Waals surface area contributed by atoms with E-state index in [1.165, 1.54) is 11.8 Å². The van der Waals surface area contributed by atoms with Crippen LogP contribution >= 0.6 is 0 Å². The van der Waals surface area contributed by atoms with Crippen LogP contribution in [0.2, 0.25) is 0 Å². The van der Waals surface area contributed by atoms with Crippen molar-refractivity contribution in [3.8, 4) is 0 Å².